The van der Waals surface area contributed by atoms with Crippen LogP contribution < -0.4 is 5.32 Å². The van der Waals surface area contributed by atoms with Crippen molar-refractivity contribution in [3.8, 4) is 0 Å². The van der Waals surface area contributed by atoms with Gasteiger partial charge in [-0.2, -0.15) is 0 Å². The van der Waals surface area contributed by atoms with E-state index in [0.29, 0.717) is 38.5 Å². The van der Waals surface area contributed by atoms with E-state index < -0.39 is 0 Å². The predicted molar refractivity (Wildman–Crippen MR) is 119 cm³/mol. The van der Waals surface area contributed by atoms with E-state index in [2.05, 4.69) is 20.2 Å². The summed E-state index contributed by atoms with van der Waals surface area (Å²) >= 11 is 1.60. The van der Waals surface area contributed by atoms with Gasteiger partial charge in [-0.1, -0.05) is 42.1 Å². The molecular formula is C22H25N5O2S. The molecule has 156 valence electrons. The number of carbonyl (C=O) groups excluding carboxylic acids is 2. The fourth-order valence-electron chi connectivity index (χ4n) is 3.56. The maximum Gasteiger partial charge on any atom is 0.254 e. The van der Waals surface area contributed by atoms with Gasteiger partial charge >= 0.3 is 0 Å². The van der Waals surface area contributed by atoms with Crippen LogP contribution in [-0.4, -0.2) is 71.4 Å². The molecule has 7 nitrogen and oxygen atoms in total. The number of H-pyrrole nitrogens is 1. The van der Waals surface area contributed by atoms with E-state index in [-0.39, 0.29) is 11.8 Å². The van der Waals surface area contributed by atoms with Crippen molar-refractivity contribution in [1.82, 2.24) is 25.1 Å². The van der Waals surface area contributed by atoms with E-state index in [1.165, 1.54) is 0 Å². The van der Waals surface area contributed by atoms with E-state index in [0.717, 1.165) is 27.3 Å². The molecule has 1 fully saturated rings. The van der Waals surface area contributed by atoms with Crippen molar-refractivity contribution in [1.29, 1.82) is 0 Å². The number of nitrogens with zero attached hydrogens (tertiary/aromatic N) is 3. The number of hydrogen-bond donors (Lipinski definition) is 2. The second-order valence-electron chi connectivity index (χ2n) is 7.25. The van der Waals surface area contributed by atoms with Crippen molar-refractivity contribution in [2.75, 3.05) is 39.8 Å². The molecule has 1 aromatic heterocycles. The molecule has 3 aromatic rings. The van der Waals surface area contributed by atoms with Crippen LogP contribution in [0.4, 0.5) is 0 Å². The normalized spacial score (nSPS) is 14.8. The Morgan fingerprint density at radius 1 is 1.07 bits per heavy atom. The average molecular weight is 424 g/mol. The SMILES string of the molecule is CNC(=O)CN1CCN(C(=O)c2ccccc2CSc2nc3ccccc3[nH]2)CC1. The molecule has 0 radical (unpaired) electrons. The van der Waals surface area contributed by atoms with E-state index in [1.807, 2.05) is 53.4 Å². The molecule has 0 aliphatic carbocycles. The lowest BCUT2D eigenvalue weighted by atomic mass is 10.1. The van der Waals surface area contributed by atoms with Gasteiger partial charge in [-0.15, -0.1) is 0 Å². The highest BCUT2D eigenvalue weighted by Gasteiger charge is 2.24. The molecule has 2 N–H and O–H groups in total. The second-order valence-corrected chi connectivity index (χ2v) is 8.21. The lowest BCUT2D eigenvalue weighted by Gasteiger charge is -2.34. The quantitative estimate of drug-likeness (QED) is 0.595. The second kappa shape index (κ2) is 9.32. The topological polar surface area (TPSA) is 81.3 Å². The zero-order valence-electron chi connectivity index (χ0n) is 16.9. The van der Waals surface area contributed by atoms with E-state index in [9.17, 15) is 9.59 Å². The summed E-state index contributed by atoms with van der Waals surface area (Å²) in [6.07, 6.45) is 0. The molecule has 1 aliphatic rings. The average Bonchev–Trinajstić information content (AvgIpc) is 3.21. The van der Waals surface area contributed by atoms with Crippen molar-refractivity contribution in [3.63, 3.8) is 0 Å². The molecule has 1 aliphatic heterocycles. The number of aromatic nitrogens is 2. The van der Waals surface area contributed by atoms with Crippen molar-refractivity contribution < 1.29 is 9.59 Å². The van der Waals surface area contributed by atoms with E-state index >= 15 is 0 Å². The predicted octanol–water partition coefficient (Wildman–Crippen LogP) is 2.36. The van der Waals surface area contributed by atoms with Gasteiger partial charge in [0.1, 0.15) is 0 Å². The van der Waals surface area contributed by atoms with Crippen LogP contribution in [0.5, 0.6) is 0 Å². The summed E-state index contributed by atoms with van der Waals surface area (Å²) in [7, 11) is 1.64. The van der Waals surface area contributed by atoms with Crippen LogP contribution in [0.3, 0.4) is 0 Å². The molecule has 30 heavy (non-hydrogen) atoms. The maximum atomic E-state index is 13.2. The Morgan fingerprint density at radius 2 is 1.80 bits per heavy atom. The number of carbonyl (C=O) groups is 2. The van der Waals surface area contributed by atoms with Crippen LogP contribution in [0.1, 0.15) is 15.9 Å². The summed E-state index contributed by atoms with van der Waals surface area (Å²) < 4.78 is 0. The van der Waals surface area contributed by atoms with Gasteiger partial charge in [0.05, 0.1) is 17.6 Å². The van der Waals surface area contributed by atoms with E-state index in [1.54, 1.807) is 18.8 Å². The zero-order chi connectivity index (χ0) is 20.9. The number of aromatic amines is 1. The number of thioether (sulfide) groups is 1. The van der Waals surface area contributed by atoms with Gasteiger partial charge in [-0.05, 0) is 23.8 Å². The van der Waals surface area contributed by atoms with Crippen LogP contribution in [0.25, 0.3) is 11.0 Å². The van der Waals surface area contributed by atoms with Gasteiger partial charge in [-0.3, -0.25) is 14.5 Å². The zero-order valence-corrected chi connectivity index (χ0v) is 17.7. The van der Waals surface area contributed by atoms with Gasteiger partial charge in [0.25, 0.3) is 5.91 Å². The number of fused-ring (bicyclic) bond motifs is 1. The smallest absolute Gasteiger partial charge is 0.254 e. The van der Waals surface area contributed by atoms with Crippen molar-refractivity contribution in [3.05, 3.63) is 59.7 Å². The number of hydrogen-bond acceptors (Lipinski definition) is 5. The Hall–Kier alpha value is -2.84. The number of rotatable bonds is 6. The monoisotopic (exact) mass is 423 g/mol. The Bertz CT molecular complexity index is 1010. The molecule has 0 bridgehead atoms. The summed E-state index contributed by atoms with van der Waals surface area (Å²) in [6.45, 7) is 3.04. The third-order valence-electron chi connectivity index (χ3n) is 5.29. The third-order valence-corrected chi connectivity index (χ3v) is 6.21. The number of nitrogens with one attached hydrogen (secondary N) is 2. The number of para-hydroxylation sites is 2. The molecule has 8 heteroatoms. The molecule has 4 rings (SSSR count). The van der Waals surface area contributed by atoms with Gasteiger partial charge in [-0.25, -0.2) is 4.98 Å². The highest BCUT2D eigenvalue weighted by atomic mass is 32.2. The number of benzene rings is 2. The Balaban J connectivity index is 1.40. The van der Waals surface area contributed by atoms with Gasteiger partial charge in [0.15, 0.2) is 5.16 Å². The minimum atomic E-state index is 0.00253. The van der Waals surface area contributed by atoms with Gasteiger partial charge in [0.2, 0.25) is 5.91 Å². The fraction of sp³-hybridized carbons (Fsp3) is 0.318. The van der Waals surface area contributed by atoms with E-state index in [4.69, 9.17) is 0 Å². The van der Waals surface area contributed by atoms with Gasteiger partial charge < -0.3 is 15.2 Å². The molecule has 0 spiro atoms. The van der Waals surface area contributed by atoms with Crippen LogP contribution in [-0.2, 0) is 10.5 Å². The summed E-state index contributed by atoms with van der Waals surface area (Å²) in [5.74, 6) is 0.719. The van der Waals surface area contributed by atoms with Crippen molar-refractivity contribution in [2.45, 2.75) is 10.9 Å². The molecule has 0 unspecified atom stereocenters. The largest absolute Gasteiger partial charge is 0.358 e. The molecule has 2 amide bonds. The summed E-state index contributed by atoms with van der Waals surface area (Å²) in [5, 5.41) is 3.49. The number of amides is 2. The molecule has 0 atom stereocenters. The van der Waals surface area contributed by atoms with Crippen LogP contribution in [0.15, 0.2) is 53.7 Å². The first kappa shape index (κ1) is 20.4. The van der Waals surface area contributed by atoms with Crippen LogP contribution in [0, 0.1) is 0 Å². The first-order valence-electron chi connectivity index (χ1n) is 10.0. The standard InChI is InChI=1S/C22H25N5O2S/c1-23-20(28)14-26-10-12-27(13-11-26)21(29)17-7-3-2-6-16(17)15-30-22-24-18-8-4-5-9-19(18)25-22/h2-9H,10-15H2,1H3,(H,23,28)(H,24,25). The Morgan fingerprint density at radius 3 is 2.57 bits per heavy atom. The van der Waals surface area contributed by atoms with Crippen LogP contribution in [0.2, 0.25) is 0 Å². The maximum absolute atomic E-state index is 13.2. The summed E-state index contributed by atoms with van der Waals surface area (Å²) in [4.78, 5) is 36.6. The number of likely N-dealkylation sites (N-methyl/N-ethyl adjacent to an activating group) is 1. The Labute approximate surface area is 179 Å². The van der Waals surface area contributed by atoms with Crippen LogP contribution >= 0.6 is 11.8 Å². The summed E-state index contributed by atoms with van der Waals surface area (Å²) in [6, 6.07) is 15.7. The minimum absolute atomic E-state index is 0.00253. The number of piperazine rings is 1. The summed E-state index contributed by atoms with van der Waals surface area (Å²) in [5.41, 5.74) is 3.69. The molecule has 1 saturated heterocycles. The Kier molecular flexibility index (Phi) is 6.35. The number of imidazole rings is 1. The first-order valence-corrected chi connectivity index (χ1v) is 11.0. The highest BCUT2D eigenvalue weighted by Crippen LogP contribution is 2.25. The lowest BCUT2D eigenvalue weighted by molar-refractivity contribution is -0.122. The highest BCUT2D eigenvalue weighted by molar-refractivity contribution is 7.98. The first-order chi connectivity index (χ1) is 14.6. The third kappa shape index (κ3) is 4.66. The van der Waals surface area contributed by atoms with Crippen molar-refractivity contribution >= 4 is 34.6 Å². The van der Waals surface area contributed by atoms with Gasteiger partial charge in [0, 0.05) is 44.5 Å². The fourth-order valence-corrected chi connectivity index (χ4v) is 4.45. The molecular weight excluding hydrogens is 398 g/mol. The minimum Gasteiger partial charge on any atom is -0.358 e. The molecule has 2 heterocycles. The molecule has 2 aromatic carbocycles. The van der Waals surface area contributed by atoms with Crippen molar-refractivity contribution in [2.24, 2.45) is 0 Å². The lowest BCUT2D eigenvalue weighted by Crippen LogP contribution is -2.51. The molecule has 0 saturated carbocycles.